The van der Waals surface area contributed by atoms with Crippen molar-refractivity contribution in [1.29, 1.82) is 0 Å². The molecule has 20 heavy (non-hydrogen) atoms. The molecule has 1 heterocycles. The number of aromatic nitrogens is 1. The molecule has 106 valence electrons. The Morgan fingerprint density at radius 3 is 2.40 bits per heavy atom. The average Bonchev–Trinajstić information content (AvgIpc) is 2.48. The third-order valence-corrected chi connectivity index (χ3v) is 3.68. The molecule has 0 spiro atoms. The van der Waals surface area contributed by atoms with Crippen LogP contribution in [0.25, 0.3) is 10.9 Å². The number of aryl methyl sites for hydroxylation is 1. The summed E-state index contributed by atoms with van der Waals surface area (Å²) in [6.45, 7) is 8.53. The van der Waals surface area contributed by atoms with Crippen molar-refractivity contribution in [3.63, 3.8) is 0 Å². The van der Waals surface area contributed by atoms with E-state index in [-0.39, 0.29) is 11.1 Å². The maximum atomic E-state index is 12.2. The van der Waals surface area contributed by atoms with Crippen molar-refractivity contribution in [1.82, 2.24) is 4.57 Å². The fourth-order valence-corrected chi connectivity index (χ4v) is 2.57. The molecule has 0 fully saturated rings. The monoisotopic (exact) mass is 272 g/mol. The van der Waals surface area contributed by atoms with E-state index in [1.807, 2.05) is 25.1 Å². The average molecular weight is 272 g/mol. The number of hydrogen-bond donors (Lipinski definition) is 0. The standard InChI is InChI=1S/C16H20N2O2/c1-4-17(5-2)14-8-7-12-9-13(11-19)16(20)18(6-3)15(12)10-14/h7-11H,4-6H2,1-3H3. The molecule has 0 aliphatic carbocycles. The zero-order valence-electron chi connectivity index (χ0n) is 12.2. The largest absolute Gasteiger partial charge is 0.372 e. The quantitative estimate of drug-likeness (QED) is 0.786. The second-order valence-electron chi connectivity index (χ2n) is 4.68. The number of benzene rings is 1. The van der Waals surface area contributed by atoms with Crippen LogP contribution >= 0.6 is 0 Å². The van der Waals surface area contributed by atoms with E-state index in [2.05, 4.69) is 18.7 Å². The Morgan fingerprint density at radius 2 is 1.85 bits per heavy atom. The van der Waals surface area contributed by atoms with Gasteiger partial charge in [-0.3, -0.25) is 9.59 Å². The van der Waals surface area contributed by atoms with E-state index in [0.717, 1.165) is 29.7 Å². The summed E-state index contributed by atoms with van der Waals surface area (Å²) >= 11 is 0. The Kier molecular flexibility index (Phi) is 4.23. The summed E-state index contributed by atoms with van der Waals surface area (Å²) in [7, 11) is 0. The van der Waals surface area contributed by atoms with Crippen LogP contribution in [-0.2, 0) is 6.54 Å². The fraction of sp³-hybridized carbons (Fsp3) is 0.375. The van der Waals surface area contributed by atoms with E-state index in [4.69, 9.17) is 0 Å². The number of pyridine rings is 1. The number of hydrogen-bond acceptors (Lipinski definition) is 3. The Bertz CT molecular complexity index is 685. The highest BCUT2D eigenvalue weighted by Crippen LogP contribution is 2.21. The maximum absolute atomic E-state index is 12.2. The minimum absolute atomic E-state index is 0.216. The zero-order chi connectivity index (χ0) is 14.7. The van der Waals surface area contributed by atoms with Gasteiger partial charge in [-0.2, -0.15) is 0 Å². The van der Waals surface area contributed by atoms with Crippen molar-refractivity contribution >= 4 is 22.9 Å². The lowest BCUT2D eigenvalue weighted by molar-refractivity contribution is 0.112. The van der Waals surface area contributed by atoms with Gasteiger partial charge in [0.15, 0.2) is 6.29 Å². The summed E-state index contributed by atoms with van der Waals surface area (Å²) in [6, 6.07) is 7.71. The van der Waals surface area contributed by atoms with Crippen LogP contribution in [0, 0.1) is 0 Å². The summed E-state index contributed by atoms with van der Waals surface area (Å²) in [5.41, 5.74) is 1.98. The molecule has 0 saturated heterocycles. The molecule has 0 aliphatic rings. The van der Waals surface area contributed by atoms with E-state index in [0.29, 0.717) is 12.8 Å². The molecule has 0 unspecified atom stereocenters. The molecule has 0 N–H and O–H groups in total. The predicted octanol–water partition coefficient (Wildman–Crippen LogP) is 2.68. The van der Waals surface area contributed by atoms with E-state index in [1.165, 1.54) is 0 Å². The Labute approximate surface area is 118 Å². The van der Waals surface area contributed by atoms with Gasteiger partial charge >= 0.3 is 0 Å². The fourth-order valence-electron chi connectivity index (χ4n) is 2.57. The highest BCUT2D eigenvalue weighted by atomic mass is 16.1. The second kappa shape index (κ2) is 5.90. The van der Waals surface area contributed by atoms with E-state index in [9.17, 15) is 9.59 Å². The summed E-state index contributed by atoms with van der Waals surface area (Å²) in [5.74, 6) is 0. The highest BCUT2D eigenvalue weighted by molar-refractivity contribution is 5.88. The Morgan fingerprint density at radius 1 is 1.15 bits per heavy atom. The van der Waals surface area contributed by atoms with Crippen LogP contribution in [0.3, 0.4) is 0 Å². The van der Waals surface area contributed by atoms with Crippen molar-refractivity contribution in [2.45, 2.75) is 27.3 Å². The van der Waals surface area contributed by atoms with Gasteiger partial charge < -0.3 is 9.47 Å². The van der Waals surface area contributed by atoms with Crippen LogP contribution in [0.1, 0.15) is 31.1 Å². The number of aldehydes is 1. The highest BCUT2D eigenvalue weighted by Gasteiger charge is 2.10. The lowest BCUT2D eigenvalue weighted by Gasteiger charge is -2.22. The smallest absolute Gasteiger partial charge is 0.261 e. The maximum Gasteiger partial charge on any atom is 0.261 e. The molecule has 0 aliphatic heterocycles. The normalized spacial score (nSPS) is 10.8. The van der Waals surface area contributed by atoms with Crippen molar-refractivity contribution in [3.8, 4) is 0 Å². The first kappa shape index (κ1) is 14.3. The molecule has 0 bridgehead atoms. The number of carbonyl (C=O) groups is 1. The molecule has 0 radical (unpaired) electrons. The van der Waals surface area contributed by atoms with Gasteiger partial charge in [0, 0.05) is 25.3 Å². The van der Waals surface area contributed by atoms with Crippen molar-refractivity contribution < 1.29 is 4.79 Å². The number of nitrogens with zero attached hydrogens (tertiary/aromatic N) is 2. The molecular formula is C16H20N2O2. The first-order chi connectivity index (χ1) is 9.65. The van der Waals surface area contributed by atoms with Gasteiger partial charge in [-0.05, 0) is 44.4 Å². The molecule has 0 saturated carbocycles. The number of carbonyl (C=O) groups excluding carboxylic acids is 1. The van der Waals surface area contributed by atoms with Crippen LogP contribution in [0.2, 0.25) is 0 Å². The van der Waals surface area contributed by atoms with E-state index < -0.39 is 0 Å². The SMILES string of the molecule is CCN(CC)c1ccc2cc(C=O)c(=O)n(CC)c2c1. The Balaban J connectivity index is 2.74. The lowest BCUT2D eigenvalue weighted by atomic mass is 10.1. The van der Waals surface area contributed by atoms with Crippen LogP contribution in [0.15, 0.2) is 29.1 Å². The molecule has 0 atom stereocenters. The molecule has 4 heteroatoms. The number of fused-ring (bicyclic) bond motifs is 1. The second-order valence-corrected chi connectivity index (χ2v) is 4.68. The third kappa shape index (κ3) is 2.33. The molecular weight excluding hydrogens is 252 g/mol. The van der Waals surface area contributed by atoms with Gasteiger partial charge in [-0.1, -0.05) is 6.07 Å². The summed E-state index contributed by atoms with van der Waals surface area (Å²) in [5, 5.41) is 0.921. The summed E-state index contributed by atoms with van der Waals surface area (Å²) in [4.78, 5) is 25.4. The van der Waals surface area contributed by atoms with Gasteiger partial charge in [0.1, 0.15) is 0 Å². The van der Waals surface area contributed by atoms with Gasteiger partial charge in [0.05, 0.1) is 11.1 Å². The number of rotatable bonds is 5. The topological polar surface area (TPSA) is 42.3 Å². The van der Waals surface area contributed by atoms with Crippen molar-refractivity contribution in [2.24, 2.45) is 0 Å². The third-order valence-electron chi connectivity index (χ3n) is 3.68. The van der Waals surface area contributed by atoms with Gasteiger partial charge in [-0.25, -0.2) is 0 Å². The van der Waals surface area contributed by atoms with Crippen LogP contribution in [-0.4, -0.2) is 23.9 Å². The van der Waals surface area contributed by atoms with Gasteiger partial charge in [0.2, 0.25) is 0 Å². The first-order valence-electron chi connectivity index (χ1n) is 7.03. The number of anilines is 1. The predicted molar refractivity (Wildman–Crippen MR) is 82.8 cm³/mol. The Hall–Kier alpha value is -2.10. The molecule has 1 aromatic carbocycles. The molecule has 0 amide bonds. The van der Waals surface area contributed by atoms with E-state index in [1.54, 1.807) is 10.6 Å². The summed E-state index contributed by atoms with van der Waals surface area (Å²) in [6.07, 6.45) is 0.631. The first-order valence-corrected chi connectivity index (χ1v) is 7.03. The van der Waals surface area contributed by atoms with Gasteiger partial charge in [-0.15, -0.1) is 0 Å². The zero-order valence-corrected chi connectivity index (χ0v) is 12.2. The van der Waals surface area contributed by atoms with Crippen molar-refractivity contribution in [3.05, 3.63) is 40.2 Å². The van der Waals surface area contributed by atoms with Crippen LogP contribution < -0.4 is 10.5 Å². The summed E-state index contributed by atoms with van der Waals surface area (Å²) < 4.78 is 1.66. The lowest BCUT2D eigenvalue weighted by Crippen LogP contribution is -2.24. The van der Waals surface area contributed by atoms with E-state index >= 15 is 0 Å². The minimum Gasteiger partial charge on any atom is -0.372 e. The molecule has 1 aromatic heterocycles. The minimum atomic E-state index is -0.216. The molecule has 4 nitrogen and oxygen atoms in total. The van der Waals surface area contributed by atoms with Crippen molar-refractivity contribution in [2.75, 3.05) is 18.0 Å². The van der Waals surface area contributed by atoms with Crippen LogP contribution in [0.5, 0.6) is 0 Å². The molecule has 2 rings (SSSR count). The van der Waals surface area contributed by atoms with Gasteiger partial charge in [0.25, 0.3) is 5.56 Å². The molecule has 2 aromatic rings. The van der Waals surface area contributed by atoms with Crippen LogP contribution in [0.4, 0.5) is 5.69 Å².